The number of sulfonamides is 1. The van der Waals surface area contributed by atoms with Crippen molar-refractivity contribution in [2.75, 3.05) is 30.6 Å². The number of rotatable bonds is 12. The zero-order valence-electron chi connectivity index (χ0n) is 23.7. The van der Waals surface area contributed by atoms with Crippen molar-refractivity contribution in [1.82, 2.24) is 10.2 Å². The quantitative estimate of drug-likeness (QED) is 0.344. The molecule has 0 aliphatic carbocycles. The van der Waals surface area contributed by atoms with Gasteiger partial charge < -0.3 is 19.7 Å². The molecule has 218 valence electrons. The molecule has 1 N–H and O–H groups in total. The Morgan fingerprint density at radius 1 is 0.902 bits per heavy atom. The molecular weight excluding hydrogens is 542 g/mol. The summed E-state index contributed by atoms with van der Waals surface area (Å²) in [7, 11) is -4.17. The number of nitrogens with one attached hydrogen (secondary N) is 1. The molecule has 1 aliphatic rings. The lowest BCUT2D eigenvalue weighted by Crippen LogP contribution is -2.52. The third-order valence-corrected chi connectivity index (χ3v) is 8.48. The van der Waals surface area contributed by atoms with Gasteiger partial charge in [0.1, 0.15) is 25.8 Å². The van der Waals surface area contributed by atoms with Gasteiger partial charge in [-0.05, 0) is 42.2 Å². The molecule has 0 spiro atoms. The largest absolute Gasteiger partial charge is 0.486 e. The second-order valence-electron chi connectivity index (χ2n) is 10.2. The first-order valence-corrected chi connectivity index (χ1v) is 15.2. The van der Waals surface area contributed by atoms with E-state index in [0.717, 1.165) is 9.87 Å². The molecule has 0 saturated carbocycles. The summed E-state index contributed by atoms with van der Waals surface area (Å²) in [6, 6.07) is 21.3. The lowest BCUT2D eigenvalue weighted by molar-refractivity contribution is -0.140. The van der Waals surface area contributed by atoms with Crippen molar-refractivity contribution in [3.63, 3.8) is 0 Å². The van der Waals surface area contributed by atoms with Gasteiger partial charge in [-0.25, -0.2) is 8.42 Å². The third kappa shape index (κ3) is 7.38. The number of fused-ring (bicyclic) bond motifs is 1. The third-order valence-electron chi connectivity index (χ3n) is 6.69. The normalized spacial score (nSPS) is 13.4. The summed E-state index contributed by atoms with van der Waals surface area (Å²) in [5.74, 6) is 0.352. The summed E-state index contributed by atoms with van der Waals surface area (Å²) in [4.78, 5) is 28.9. The van der Waals surface area contributed by atoms with Gasteiger partial charge >= 0.3 is 0 Å². The van der Waals surface area contributed by atoms with Crippen molar-refractivity contribution >= 4 is 27.5 Å². The van der Waals surface area contributed by atoms with E-state index in [4.69, 9.17) is 9.47 Å². The van der Waals surface area contributed by atoms with Gasteiger partial charge in [0.2, 0.25) is 11.8 Å². The molecule has 0 radical (unpaired) electrons. The molecule has 0 saturated heterocycles. The highest BCUT2D eigenvalue weighted by atomic mass is 32.2. The molecule has 3 aromatic carbocycles. The van der Waals surface area contributed by atoms with E-state index in [0.29, 0.717) is 37.7 Å². The molecule has 9 nitrogen and oxygen atoms in total. The molecule has 10 heteroatoms. The lowest BCUT2D eigenvalue weighted by atomic mass is 10.1. The van der Waals surface area contributed by atoms with Crippen LogP contribution in [0.15, 0.2) is 83.8 Å². The highest BCUT2D eigenvalue weighted by Gasteiger charge is 2.34. The maximum Gasteiger partial charge on any atom is 0.264 e. The van der Waals surface area contributed by atoms with Gasteiger partial charge in [0.15, 0.2) is 11.5 Å². The van der Waals surface area contributed by atoms with Crippen molar-refractivity contribution in [3.8, 4) is 11.5 Å². The van der Waals surface area contributed by atoms with E-state index < -0.39 is 28.5 Å². The monoisotopic (exact) mass is 579 g/mol. The number of carbonyl (C=O) groups excluding carboxylic acids is 2. The lowest BCUT2D eigenvalue weighted by Gasteiger charge is -2.33. The zero-order chi connectivity index (χ0) is 29.4. The number of hydrogen-bond acceptors (Lipinski definition) is 6. The minimum absolute atomic E-state index is 0.0408. The maximum atomic E-state index is 14.1. The number of hydrogen-bond donors (Lipinski definition) is 1. The maximum absolute atomic E-state index is 14.1. The van der Waals surface area contributed by atoms with Crippen molar-refractivity contribution in [3.05, 3.63) is 84.4 Å². The van der Waals surface area contributed by atoms with Gasteiger partial charge in [0.25, 0.3) is 10.0 Å². The molecule has 1 aliphatic heterocycles. The van der Waals surface area contributed by atoms with Crippen LogP contribution in [0.4, 0.5) is 5.69 Å². The van der Waals surface area contributed by atoms with Crippen molar-refractivity contribution in [1.29, 1.82) is 0 Å². The summed E-state index contributed by atoms with van der Waals surface area (Å²) in [6.07, 6.45) is 0.359. The molecule has 1 heterocycles. The number of amides is 2. The second-order valence-corrected chi connectivity index (χ2v) is 12.1. The van der Waals surface area contributed by atoms with Crippen LogP contribution < -0.4 is 19.1 Å². The predicted molar refractivity (Wildman–Crippen MR) is 157 cm³/mol. The molecular formula is C31H37N3O6S. The molecule has 0 unspecified atom stereocenters. The number of ether oxygens (including phenoxy) is 2. The minimum atomic E-state index is -4.17. The summed E-state index contributed by atoms with van der Waals surface area (Å²) in [5.41, 5.74) is 1.08. The van der Waals surface area contributed by atoms with Crippen LogP contribution in [-0.2, 0) is 26.2 Å². The zero-order valence-corrected chi connectivity index (χ0v) is 24.5. The fourth-order valence-electron chi connectivity index (χ4n) is 4.56. The highest BCUT2D eigenvalue weighted by molar-refractivity contribution is 7.92. The topological polar surface area (TPSA) is 105 Å². The van der Waals surface area contributed by atoms with Crippen LogP contribution in [0.5, 0.6) is 11.5 Å². The first-order chi connectivity index (χ1) is 19.7. The molecule has 0 fully saturated rings. The van der Waals surface area contributed by atoms with Gasteiger partial charge in [0, 0.05) is 19.2 Å². The van der Waals surface area contributed by atoms with E-state index in [-0.39, 0.29) is 29.0 Å². The summed E-state index contributed by atoms with van der Waals surface area (Å²) < 4.78 is 40.3. The number of nitrogens with zero attached hydrogens (tertiary/aromatic N) is 2. The van der Waals surface area contributed by atoms with E-state index in [1.165, 1.54) is 17.0 Å². The van der Waals surface area contributed by atoms with Gasteiger partial charge in [-0.1, -0.05) is 69.3 Å². The fourth-order valence-corrected chi connectivity index (χ4v) is 5.98. The van der Waals surface area contributed by atoms with Crippen LogP contribution >= 0.6 is 0 Å². The Kier molecular flexibility index (Phi) is 9.88. The van der Waals surface area contributed by atoms with Crippen LogP contribution in [0.3, 0.4) is 0 Å². The summed E-state index contributed by atoms with van der Waals surface area (Å²) in [5, 5.41) is 2.93. The predicted octanol–water partition coefficient (Wildman–Crippen LogP) is 4.23. The first-order valence-electron chi connectivity index (χ1n) is 13.8. The van der Waals surface area contributed by atoms with Gasteiger partial charge in [-0.15, -0.1) is 0 Å². The Morgan fingerprint density at radius 3 is 2.17 bits per heavy atom. The number of carbonyl (C=O) groups is 2. The van der Waals surface area contributed by atoms with Crippen LogP contribution in [-0.4, -0.2) is 57.5 Å². The molecule has 0 bridgehead atoms. The molecule has 0 aromatic heterocycles. The Labute approximate surface area is 242 Å². The van der Waals surface area contributed by atoms with Crippen LogP contribution in [0.1, 0.15) is 32.8 Å². The summed E-state index contributed by atoms with van der Waals surface area (Å²) >= 11 is 0. The Balaban J connectivity index is 1.73. The first kappa shape index (κ1) is 29.9. The fraction of sp³-hybridized carbons (Fsp3) is 0.355. The van der Waals surface area contributed by atoms with E-state index in [1.807, 2.05) is 51.1 Å². The standard InChI is InChI=1S/C31H37N3O6S/c1-4-27(31(36)32-20-23(2)3)33(21-24-11-7-5-8-12-24)30(35)22-34(41(37,38)26-13-9-6-10-14-26)25-15-16-28-29(19-25)40-18-17-39-28/h5-16,19,23,27H,4,17-18,20-22H2,1-3H3,(H,32,36)/t27-/m1/s1. The SMILES string of the molecule is CC[C@H](C(=O)NCC(C)C)N(Cc1ccccc1)C(=O)CN(c1ccc2c(c1)OCCO2)S(=O)(=O)c1ccccc1. The van der Waals surface area contributed by atoms with E-state index in [9.17, 15) is 18.0 Å². The van der Waals surface area contributed by atoms with Crippen molar-refractivity contribution in [2.45, 2.75) is 44.7 Å². The van der Waals surface area contributed by atoms with E-state index in [2.05, 4.69) is 5.32 Å². The molecule has 4 rings (SSSR count). The smallest absolute Gasteiger partial charge is 0.264 e. The average molecular weight is 580 g/mol. The molecule has 3 aromatic rings. The van der Waals surface area contributed by atoms with Gasteiger partial charge in [-0.3, -0.25) is 13.9 Å². The second kappa shape index (κ2) is 13.5. The molecule has 41 heavy (non-hydrogen) atoms. The average Bonchev–Trinajstić information content (AvgIpc) is 2.99. The number of anilines is 1. The Morgan fingerprint density at radius 2 is 1.54 bits per heavy atom. The van der Waals surface area contributed by atoms with Gasteiger partial charge in [-0.2, -0.15) is 0 Å². The van der Waals surface area contributed by atoms with Crippen molar-refractivity contribution < 1.29 is 27.5 Å². The highest BCUT2D eigenvalue weighted by Crippen LogP contribution is 2.36. The van der Waals surface area contributed by atoms with E-state index in [1.54, 1.807) is 36.4 Å². The number of benzene rings is 3. The van der Waals surface area contributed by atoms with Crippen molar-refractivity contribution in [2.24, 2.45) is 5.92 Å². The van der Waals surface area contributed by atoms with Crippen LogP contribution in [0.25, 0.3) is 0 Å². The minimum Gasteiger partial charge on any atom is -0.486 e. The van der Waals surface area contributed by atoms with Crippen LogP contribution in [0, 0.1) is 5.92 Å². The van der Waals surface area contributed by atoms with Crippen LogP contribution in [0.2, 0.25) is 0 Å². The van der Waals surface area contributed by atoms with Gasteiger partial charge in [0.05, 0.1) is 10.6 Å². The molecule has 1 atom stereocenters. The summed E-state index contributed by atoms with van der Waals surface area (Å²) in [6.45, 7) is 6.64. The Bertz CT molecular complexity index is 1430. The Hall–Kier alpha value is -4.05. The van der Waals surface area contributed by atoms with E-state index >= 15 is 0 Å². The molecule has 2 amide bonds.